The third kappa shape index (κ3) is 3.35. The molecule has 0 aliphatic carbocycles. The third-order valence-electron chi connectivity index (χ3n) is 4.89. The Hall–Kier alpha value is -2.85. The number of oxazole rings is 1. The second kappa shape index (κ2) is 6.57. The van der Waals surface area contributed by atoms with Gasteiger partial charge in [0.2, 0.25) is 0 Å². The molecule has 1 aromatic carbocycles. The minimum atomic E-state index is -0.0619. The van der Waals surface area contributed by atoms with Crippen molar-refractivity contribution in [2.24, 2.45) is 5.92 Å². The number of piperidine rings is 3. The summed E-state index contributed by atoms with van der Waals surface area (Å²) in [6.45, 7) is 3.25. The first-order valence-electron chi connectivity index (χ1n) is 8.38. The van der Waals surface area contributed by atoms with Crippen LogP contribution in [0.5, 0.6) is 11.8 Å². The minimum Gasteiger partial charge on any atom is -0.416 e. The van der Waals surface area contributed by atoms with E-state index in [1.165, 1.54) is 19.1 Å². The first-order chi connectivity index (χ1) is 12.2. The number of hydrogen-bond donors (Lipinski definition) is 1. The molecule has 2 bridgehead atoms. The Morgan fingerprint density at radius 2 is 2.08 bits per heavy atom. The van der Waals surface area contributed by atoms with Crippen LogP contribution in [0.15, 0.2) is 34.9 Å². The van der Waals surface area contributed by atoms with E-state index < -0.39 is 0 Å². The van der Waals surface area contributed by atoms with Crippen molar-refractivity contribution < 1.29 is 13.9 Å². The van der Waals surface area contributed by atoms with Crippen LogP contribution in [-0.4, -0.2) is 41.5 Å². The lowest BCUT2D eigenvalue weighted by atomic mass is 9.84. The van der Waals surface area contributed by atoms with Crippen molar-refractivity contribution in [2.45, 2.75) is 18.9 Å². The molecule has 3 aliphatic rings. The zero-order valence-electron chi connectivity index (χ0n) is 13.6. The molecule has 4 heterocycles. The summed E-state index contributed by atoms with van der Waals surface area (Å²) in [5, 5.41) is 11.9. The van der Waals surface area contributed by atoms with E-state index in [0.717, 1.165) is 19.6 Å². The number of nitrogens with zero attached hydrogens (tertiary/aromatic N) is 3. The van der Waals surface area contributed by atoms with Gasteiger partial charge in [-0.1, -0.05) is 0 Å². The van der Waals surface area contributed by atoms with Crippen LogP contribution >= 0.6 is 0 Å². The summed E-state index contributed by atoms with van der Waals surface area (Å²) < 4.78 is 10.4. The standard InChI is InChI=1S/C18H18N4O3/c19-9-14-11-24-18(20-14)25-15-3-1-13(2-4-15)17(23)21-16-10-22-7-5-12(16)6-8-22/h1-4,11-12,16H,5-8,10H2,(H,21,23). The summed E-state index contributed by atoms with van der Waals surface area (Å²) in [4.78, 5) is 18.7. The second-order valence-electron chi connectivity index (χ2n) is 6.45. The number of nitriles is 1. The number of ether oxygens (including phenoxy) is 1. The number of rotatable bonds is 4. The van der Waals surface area contributed by atoms with Crippen molar-refractivity contribution in [1.29, 1.82) is 5.26 Å². The number of fused-ring (bicyclic) bond motifs is 3. The monoisotopic (exact) mass is 338 g/mol. The minimum absolute atomic E-state index is 0.000956. The number of carbonyl (C=O) groups excluding carboxylic acids is 1. The number of hydrogen-bond acceptors (Lipinski definition) is 6. The summed E-state index contributed by atoms with van der Waals surface area (Å²) >= 11 is 0. The SMILES string of the molecule is N#Cc1coc(Oc2ccc(C(=O)NC3CN4CCC3CC4)cc2)n1. The molecule has 7 nitrogen and oxygen atoms in total. The highest BCUT2D eigenvalue weighted by molar-refractivity contribution is 5.94. The number of benzene rings is 1. The van der Waals surface area contributed by atoms with Crippen molar-refractivity contribution in [1.82, 2.24) is 15.2 Å². The molecule has 0 spiro atoms. The lowest BCUT2D eigenvalue weighted by molar-refractivity contribution is 0.0620. The van der Waals surface area contributed by atoms with Crippen LogP contribution in [0.2, 0.25) is 0 Å². The Labute approximate surface area is 145 Å². The van der Waals surface area contributed by atoms with Gasteiger partial charge in [-0.3, -0.25) is 4.79 Å². The van der Waals surface area contributed by atoms with E-state index in [1.54, 1.807) is 24.3 Å². The highest BCUT2D eigenvalue weighted by Crippen LogP contribution is 2.28. The molecular formula is C18H18N4O3. The molecule has 1 N–H and O–H groups in total. The summed E-state index contributed by atoms with van der Waals surface area (Å²) in [5.74, 6) is 1.02. The van der Waals surface area contributed by atoms with Crippen molar-refractivity contribution in [3.8, 4) is 17.9 Å². The predicted molar refractivity (Wildman–Crippen MR) is 88.2 cm³/mol. The maximum absolute atomic E-state index is 12.5. The van der Waals surface area contributed by atoms with Crippen LogP contribution in [0.4, 0.5) is 0 Å². The molecule has 2 aromatic rings. The normalized spacial score (nSPS) is 24.5. The molecule has 3 aliphatic heterocycles. The van der Waals surface area contributed by atoms with Gasteiger partial charge in [-0.25, -0.2) is 0 Å². The number of carbonyl (C=O) groups is 1. The summed E-state index contributed by atoms with van der Waals surface area (Å²) in [7, 11) is 0. The first kappa shape index (κ1) is 15.7. The average molecular weight is 338 g/mol. The lowest BCUT2D eigenvalue weighted by Crippen LogP contribution is -2.57. The Bertz CT molecular complexity index is 800. The first-order valence-corrected chi connectivity index (χ1v) is 8.38. The van der Waals surface area contributed by atoms with E-state index in [2.05, 4.69) is 15.2 Å². The van der Waals surface area contributed by atoms with Crippen LogP contribution in [-0.2, 0) is 0 Å². The summed E-state index contributed by atoms with van der Waals surface area (Å²) in [6.07, 6.45) is 3.56. The summed E-state index contributed by atoms with van der Waals surface area (Å²) in [6, 6.07) is 8.89. The van der Waals surface area contributed by atoms with E-state index in [9.17, 15) is 4.79 Å². The maximum Gasteiger partial charge on any atom is 0.400 e. The van der Waals surface area contributed by atoms with Gasteiger partial charge in [0.15, 0.2) is 5.69 Å². The largest absolute Gasteiger partial charge is 0.416 e. The summed E-state index contributed by atoms with van der Waals surface area (Å²) in [5.41, 5.74) is 0.748. The fraction of sp³-hybridized carbons (Fsp3) is 0.389. The van der Waals surface area contributed by atoms with Crippen LogP contribution in [0.1, 0.15) is 28.9 Å². The zero-order valence-corrected chi connectivity index (χ0v) is 13.6. The van der Waals surface area contributed by atoms with Crippen LogP contribution in [0, 0.1) is 17.2 Å². The van der Waals surface area contributed by atoms with E-state index in [1.807, 2.05) is 6.07 Å². The molecule has 3 fully saturated rings. The van der Waals surface area contributed by atoms with E-state index in [4.69, 9.17) is 14.4 Å². The molecule has 3 saturated heterocycles. The molecule has 0 saturated carbocycles. The van der Waals surface area contributed by atoms with Crippen LogP contribution in [0.3, 0.4) is 0 Å². The number of nitrogens with one attached hydrogen (secondary N) is 1. The highest BCUT2D eigenvalue weighted by atomic mass is 16.6. The van der Waals surface area contributed by atoms with Crippen LogP contribution < -0.4 is 10.1 Å². The predicted octanol–water partition coefficient (Wildman–Crippen LogP) is 2.16. The second-order valence-corrected chi connectivity index (χ2v) is 6.45. The highest BCUT2D eigenvalue weighted by Gasteiger charge is 2.34. The molecule has 0 radical (unpaired) electrons. The fourth-order valence-electron chi connectivity index (χ4n) is 3.51. The Balaban J connectivity index is 1.38. The van der Waals surface area contributed by atoms with Gasteiger partial charge >= 0.3 is 6.08 Å². The third-order valence-corrected chi connectivity index (χ3v) is 4.89. The van der Waals surface area contributed by atoms with Gasteiger partial charge in [0.05, 0.1) is 0 Å². The molecule has 1 amide bonds. The molecule has 1 aromatic heterocycles. The van der Waals surface area contributed by atoms with Crippen molar-refractivity contribution >= 4 is 5.91 Å². The van der Waals surface area contributed by atoms with Gasteiger partial charge in [-0.2, -0.15) is 10.2 Å². The molecule has 1 atom stereocenters. The zero-order chi connectivity index (χ0) is 17.2. The van der Waals surface area contributed by atoms with Crippen LogP contribution in [0.25, 0.3) is 0 Å². The Morgan fingerprint density at radius 1 is 1.32 bits per heavy atom. The van der Waals surface area contributed by atoms with E-state index >= 15 is 0 Å². The molecule has 7 heteroatoms. The molecule has 25 heavy (non-hydrogen) atoms. The van der Waals surface area contributed by atoms with Gasteiger partial charge in [0.25, 0.3) is 5.91 Å². The van der Waals surface area contributed by atoms with Gasteiger partial charge in [-0.05, 0) is 56.1 Å². The van der Waals surface area contributed by atoms with Crippen molar-refractivity contribution in [2.75, 3.05) is 19.6 Å². The van der Waals surface area contributed by atoms with Gasteiger partial charge in [0.1, 0.15) is 18.1 Å². The molecular weight excluding hydrogens is 320 g/mol. The molecule has 1 unspecified atom stereocenters. The lowest BCUT2D eigenvalue weighted by Gasteiger charge is -2.44. The average Bonchev–Trinajstić information content (AvgIpc) is 3.11. The topological polar surface area (TPSA) is 91.4 Å². The number of amides is 1. The smallest absolute Gasteiger partial charge is 0.400 e. The quantitative estimate of drug-likeness (QED) is 0.918. The Morgan fingerprint density at radius 3 is 2.68 bits per heavy atom. The van der Waals surface area contributed by atoms with Gasteiger partial charge < -0.3 is 19.4 Å². The van der Waals surface area contributed by atoms with Gasteiger partial charge in [-0.15, -0.1) is 0 Å². The van der Waals surface area contributed by atoms with Crippen molar-refractivity contribution in [3.63, 3.8) is 0 Å². The van der Waals surface area contributed by atoms with E-state index in [0.29, 0.717) is 17.2 Å². The number of aromatic nitrogens is 1. The van der Waals surface area contributed by atoms with E-state index in [-0.39, 0.29) is 23.7 Å². The Kier molecular flexibility index (Phi) is 4.12. The molecule has 128 valence electrons. The molecule has 5 rings (SSSR count). The maximum atomic E-state index is 12.5. The van der Waals surface area contributed by atoms with Crippen molar-refractivity contribution in [3.05, 3.63) is 41.8 Å². The fourth-order valence-corrected chi connectivity index (χ4v) is 3.51. The van der Waals surface area contributed by atoms with Gasteiger partial charge in [0, 0.05) is 18.2 Å².